The summed E-state index contributed by atoms with van der Waals surface area (Å²) in [6, 6.07) is 7.86. The Morgan fingerprint density at radius 2 is 2.17 bits per heavy atom. The van der Waals surface area contributed by atoms with Crippen molar-refractivity contribution in [2.24, 2.45) is 5.73 Å². The Morgan fingerprint density at radius 3 is 2.72 bits per heavy atom. The minimum absolute atomic E-state index is 0.0365. The first-order valence-corrected chi connectivity index (χ1v) is 6.05. The fourth-order valence-corrected chi connectivity index (χ4v) is 2.12. The lowest BCUT2D eigenvalue weighted by Gasteiger charge is -2.39. The number of morpholine rings is 1. The first kappa shape index (κ1) is 12.9. The highest BCUT2D eigenvalue weighted by Crippen LogP contribution is 2.22. The van der Waals surface area contributed by atoms with Gasteiger partial charge < -0.3 is 20.5 Å². The van der Waals surface area contributed by atoms with E-state index < -0.39 is 0 Å². The van der Waals surface area contributed by atoms with E-state index in [2.05, 4.69) is 11.8 Å². The lowest BCUT2D eigenvalue weighted by atomic mass is 10.1. The van der Waals surface area contributed by atoms with Crippen molar-refractivity contribution in [2.75, 3.05) is 24.7 Å². The van der Waals surface area contributed by atoms with Crippen LogP contribution in [0, 0.1) is 5.41 Å². The maximum absolute atomic E-state index is 9.16. The first-order valence-electron chi connectivity index (χ1n) is 6.05. The number of rotatable bonds is 3. The van der Waals surface area contributed by atoms with Gasteiger partial charge in [0.05, 0.1) is 19.3 Å². The number of hydrogen-bond donors (Lipinski definition) is 3. The molecule has 0 saturated carbocycles. The summed E-state index contributed by atoms with van der Waals surface area (Å²) in [5, 5.41) is 16.5. The Balaban J connectivity index is 2.16. The van der Waals surface area contributed by atoms with E-state index in [4.69, 9.17) is 21.0 Å². The van der Waals surface area contributed by atoms with Crippen molar-refractivity contribution in [2.45, 2.75) is 19.1 Å². The molecule has 1 fully saturated rings. The number of nitrogen functional groups attached to an aromatic ring is 1. The number of anilines is 1. The molecule has 4 N–H and O–H groups in total. The number of nitrogens with two attached hydrogens (primary N) is 1. The normalized spacial score (nSPS) is 24.0. The zero-order valence-corrected chi connectivity index (χ0v) is 10.5. The average molecular weight is 249 g/mol. The Morgan fingerprint density at radius 1 is 1.50 bits per heavy atom. The van der Waals surface area contributed by atoms with Crippen molar-refractivity contribution < 1.29 is 9.84 Å². The van der Waals surface area contributed by atoms with Gasteiger partial charge in [-0.1, -0.05) is 0 Å². The number of hydrogen-bond acceptors (Lipinski definition) is 4. The van der Waals surface area contributed by atoms with E-state index in [1.165, 1.54) is 0 Å². The van der Waals surface area contributed by atoms with Crippen molar-refractivity contribution in [1.82, 2.24) is 0 Å². The summed E-state index contributed by atoms with van der Waals surface area (Å²) in [6.45, 7) is 3.41. The fraction of sp³-hybridized carbons (Fsp3) is 0.462. The third kappa shape index (κ3) is 2.63. The second kappa shape index (κ2) is 5.37. The highest BCUT2D eigenvalue weighted by Gasteiger charge is 2.25. The van der Waals surface area contributed by atoms with E-state index >= 15 is 0 Å². The summed E-state index contributed by atoms with van der Waals surface area (Å²) in [5.74, 6) is 0.0739. The van der Waals surface area contributed by atoms with Gasteiger partial charge in [0.25, 0.3) is 0 Å². The molecule has 0 radical (unpaired) electrons. The number of nitrogens with zero attached hydrogens (tertiary/aromatic N) is 1. The van der Waals surface area contributed by atoms with Gasteiger partial charge in [-0.25, -0.2) is 0 Å². The minimum Gasteiger partial charge on any atom is -0.394 e. The molecular weight excluding hydrogens is 230 g/mol. The van der Waals surface area contributed by atoms with Crippen molar-refractivity contribution in [3.8, 4) is 0 Å². The molecule has 0 amide bonds. The van der Waals surface area contributed by atoms with Crippen LogP contribution in [0.25, 0.3) is 0 Å². The molecule has 1 heterocycles. The second-order valence-electron chi connectivity index (χ2n) is 4.60. The van der Waals surface area contributed by atoms with Gasteiger partial charge in [0.15, 0.2) is 0 Å². The Bertz CT molecular complexity index is 419. The molecule has 1 saturated heterocycles. The average Bonchev–Trinajstić information content (AvgIpc) is 2.39. The van der Waals surface area contributed by atoms with Gasteiger partial charge in [-0.15, -0.1) is 0 Å². The topological polar surface area (TPSA) is 82.6 Å². The van der Waals surface area contributed by atoms with Gasteiger partial charge in [-0.2, -0.15) is 0 Å². The predicted octanol–water partition coefficient (Wildman–Crippen LogP) is 0.557. The molecule has 0 spiro atoms. The van der Waals surface area contributed by atoms with E-state index in [0.29, 0.717) is 13.2 Å². The van der Waals surface area contributed by atoms with Crippen LogP contribution in [0.1, 0.15) is 12.5 Å². The van der Waals surface area contributed by atoms with E-state index in [-0.39, 0.29) is 24.6 Å². The van der Waals surface area contributed by atoms with Crippen LogP contribution in [0.5, 0.6) is 0 Å². The number of amidine groups is 1. The zero-order valence-electron chi connectivity index (χ0n) is 10.5. The molecule has 0 aromatic heterocycles. The SMILES string of the molecule is CC1COC(CO)CN1c1ccc(C(=N)N)cc1. The molecule has 1 aromatic carbocycles. The lowest BCUT2D eigenvalue weighted by Crippen LogP contribution is -2.49. The van der Waals surface area contributed by atoms with Crippen molar-refractivity contribution >= 4 is 11.5 Å². The highest BCUT2D eigenvalue weighted by atomic mass is 16.5. The van der Waals surface area contributed by atoms with E-state index in [1.807, 2.05) is 24.3 Å². The zero-order chi connectivity index (χ0) is 13.1. The molecule has 1 aromatic rings. The summed E-state index contributed by atoms with van der Waals surface area (Å²) >= 11 is 0. The largest absolute Gasteiger partial charge is 0.394 e. The molecule has 0 bridgehead atoms. The molecule has 18 heavy (non-hydrogen) atoms. The minimum atomic E-state index is -0.131. The smallest absolute Gasteiger partial charge is 0.122 e. The molecule has 5 nitrogen and oxygen atoms in total. The van der Waals surface area contributed by atoms with Crippen molar-refractivity contribution in [3.63, 3.8) is 0 Å². The molecule has 98 valence electrons. The standard InChI is InChI=1S/C13H19N3O2/c1-9-8-18-12(7-17)6-16(9)11-4-2-10(3-5-11)13(14)15/h2-5,9,12,17H,6-8H2,1H3,(H3,14,15). The highest BCUT2D eigenvalue weighted by molar-refractivity contribution is 5.95. The van der Waals surface area contributed by atoms with Gasteiger partial charge >= 0.3 is 0 Å². The number of aliphatic hydroxyl groups excluding tert-OH is 1. The molecule has 2 rings (SSSR count). The molecule has 2 unspecified atom stereocenters. The summed E-state index contributed by atoms with van der Waals surface area (Å²) in [5.41, 5.74) is 7.21. The lowest BCUT2D eigenvalue weighted by molar-refractivity contribution is -0.0103. The Labute approximate surface area is 107 Å². The second-order valence-corrected chi connectivity index (χ2v) is 4.60. The van der Waals surface area contributed by atoms with Gasteiger partial charge in [0, 0.05) is 23.8 Å². The number of ether oxygens (including phenoxy) is 1. The fourth-order valence-electron chi connectivity index (χ4n) is 2.12. The van der Waals surface area contributed by atoms with E-state index in [9.17, 15) is 0 Å². The monoisotopic (exact) mass is 249 g/mol. The molecule has 5 heteroatoms. The van der Waals surface area contributed by atoms with Crippen LogP contribution in [0.15, 0.2) is 24.3 Å². The van der Waals surface area contributed by atoms with Crippen LogP contribution >= 0.6 is 0 Å². The van der Waals surface area contributed by atoms with Crippen LogP contribution in [-0.2, 0) is 4.74 Å². The summed E-state index contributed by atoms with van der Waals surface area (Å²) in [6.07, 6.45) is -0.131. The summed E-state index contributed by atoms with van der Waals surface area (Å²) in [7, 11) is 0. The van der Waals surface area contributed by atoms with Crippen LogP contribution in [0.3, 0.4) is 0 Å². The Kier molecular flexibility index (Phi) is 3.84. The predicted molar refractivity (Wildman–Crippen MR) is 71.1 cm³/mol. The maximum Gasteiger partial charge on any atom is 0.122 e. The van der Waals surface area contributed by atoms with Gasteiger partial charge in [0.2, 0.25) is 0 Å². The Hall–Kier alpha value is -1.59. The number of benzene rings is 1. The van der Waals surface area contributed by atoms with Gasteiger partial charge in [-0.05, 0) is 31.2 Å². The molecule has 1 aliphatic heterocycles. The third-order valence-electron chi connectivity index (χ3n) is 3.22. The van der Waals surface area contributed by atoms with E-state index in [1.54, 1.807) is 0 Å². The third-order valence-corrected chi connectivity index (χ3v) is 3.22. The van der Waals surface area contributed by atoms with Crippen LogP contribution < -0.4 is 10.6 Å². The number of aliphatic hydroxyl groups is 1. The van der Waals surface area contributed by atoms with Crippen LogP contribution in [0.2, 0.25) is 0 Å². The van der Waals surface area contributed by atoms with E-state index in [0.717, 1.165) is 11.3 Å². The first-order chi connectivity index (χ1) is 8.61. The van der Waals surface area contributed by atoms with Crippen molar-refractivity contribution in [3.05, 3.63) is 29.8 Å². The van der Waals surface area contributed by atoms with Gasteiger partial charge in [-0.3, -0.25) is 5.41 Å². The van der Waals surface area contributed by atoms with Gasteiger partial charge in [0.1, 0.15) is 5.84 Å². The summed E-state index contributed by atoms with van der Waals surface area (Å²) in [4.78, 5) is 2.20. The molecular formula is C13H19N3O2. The quantitative estimate of drug-likeness (QED) is 0.540. The molecule has 1 aliphatic rings. The summed E-state index contributed by atoms with van der Waals surface area (Å²) < 4.78 is 5.51. The molecule has 0 aliphatic carbocycles. The van der Waals surface area contributed by atoms with Crippen LogP contribution in [0.4, 0.5) is 5.69 Å². The van der Waals surface area contributed by atoms with Crippen molar-refractivity contribution in [1.29, 1.82) is 5.41 Å². The molecule has 2 atom stereocenters. The maximum atomic E-state index is 9.16. The van der Waals surface area contributed by atoms with Crippen LogP contribution in [-0.4, -0.2) is 42.8 Å². The number of nitrogens with one attached hydrogen (secondary N) is 1.